The molecule has 0 aromatic heterocycles. The van der Waals surface area contributed by atoms with Crippen molar-refractivity contribution in [3.05, 3.63) is 41.5 Å². The second kappa shape index (κ2) is 10.6. The average Bonchev–Trinajstić information content (AvgIpc) is 2.74. The average molecular weight is 536 g/mol. The normalized spacial score (nSPS) is 20.8. The zero-order valence-corrected chi connectivity index (χ0v) is 21.0. The lowest BCUT2D eigenvalue weighted by Crippen LogP contribution is -2.38. The van der Waals surface area contributed by atoms with Crippen LogP contribution in [0.5, 0.6) is 5.75 Å². The number of aliphatic hydroxyl groups excluding tert-OH is 1. The second-order valence-corrected chi connectivity index (χ2v) is 10.4. The third-order valence-electron chi connectivity index (χ3n) is 6.23. The van der Waals surface area contributed by atoms with Crippen molar-refractivity contribution in [3.63, 3.8) is 0 Å². The van der Waals surface area contributed by atoms with Crippen LogP contribution in [0.15, 0.2) is 30.3 Å². The van der Waals surface area contributed by atoms with Gasteiger partial charge in [-0.15, -0.1) is 0 Å². The van der Waals surface area contributed by atoms with Gasteiger partial charge in [-0.25, -0.2) is 4.79 Å². The van der Waals surface area contributed by atoms with Crippen LogP contribution in [0, 0.1) is 5.92 Å². The Hall–Kier alpha value is -2.69. The van der Waals surface area contributed by atoms with Gasteiger partial charge in [0.25, 0.3) is 0 Å². The van der Waals surface area contributed by atoms with Crippen molar-refractivity contribution in [2.75, 3.05) is 0 Å². The Labute approximate surface area is 211 Å². The van der Waals surface area contributed by atoms with Crippen molar-refractivity contribution < 1.29 is 45.7 Å². The number of rotatable bonds is 5. The molecule has 2 aromatic carbocycles. The van der Waals surface area contributed by atoms with Gasteiger partial charge >= 0.3 is 18.4 Å². The van der Waals surface area contributed by atoms with E-state index < -0.39 is 59.5 Å². The number of ether oxygens (including phenoxy) is 2. The minimum Gasteiger partial charge on any atom is -0.490 e. The Balaban J connectivity index is 1.90. The number of nitrogens with one attached hydrogen (secondary N) is 1. The van der Waals surface area contributed by atoms with Crippen LogP contribution in [0.3, 0.4) is 0 Å². The van der Waals surface area contributed by atoms with Gasteiger partial charge in [-0.2, -0.15) is 26.3 Å². The van der Waals surface area contributed by atoms with Gasteiger partial charge in [0.1, 0.15) is 16.9 Å². The Morgan fingerprint density at radius 1 is 1.00 bits per heavy atom. The molecule has 1 saturated carbocycles. The van der Waals surface area contributed by atoms with Gasteiger partial charge in [-0.05, 0) is 81.8 Å². The van der Waals surface area contributed by atoms with E-state index in [9.17, 15) is 36.2 Å². The van der Waals surface area contributed by atoms with Crippen LogP contribution in [0.2, 0.25) is 0 Å². The zero-order valence-electron chi connectivity index (χ0n) is 21.0. The number of amides is 1. The maximum Gasteiger partial charge on any atom is 0.420 e. The lowest BCUT2D eigenvalue weighted by atomic mass is 9.87. The summed E-state index contributed by atoms with van der Waals surface area (Å²) in [5.74, 6) is -1.91. The Morgan fingerprint density at radius 2 is 1.62 bits per heavy atom. The van der Waals surface area contributed by atoms with E-state index in [0.717, 1.165) is 6.07 Å². The van der Waals surface area contributed by atoms with Crippen molar-refractivity contribution in [1.82, 2.24) is 5.32 Å². The van der Waals surface area contributed by atoms with E-state index in [1.165, 1.54) is 31.2 Å². The molecule has 2 aromatic rings. The largest absolute Gasteiger partial charge is 0.490 e. The first-order chi connectivity index (χ1) is 17.0. The fourth-order valence-corrected chi connectivity index (χ4v) is 4.52. The van der Waals surface area contributed by atoms with Crippen LogP contribution >= 0.6 is 0 Å². The van der Waals surface area contributed by atoms with Crippen LogP contribution in [-0.2, 0) is 10.9 Å². The SMILES string of the molecule is C[C@@H](O)C(NC(=O)OC(C)(C)C)c1ccc2c(C(F)(F)F)c(OC3CCC(C(F)(F)F)CC3)ccc2c1. The van der Waals surface area contributed by atoms with E-state index in [-0.39, 0.29) is 36.5 Å². The van der Waals surface area contributed by atoms with E-state index in [4.69, 9.17) is 9.47 Å². The van der Waals surface area contributed by atoms with Crippen molar-refractivity contribution >= 4 is 16.9 Å². The molecule has 11 heteroatoms. The molecular weight excluding hydrogens is 504 g/mol. The van der Waals surface area contributed by atoms with Crippen LogP contribution in [0.4, 0.5) is 31.1 Å². The summed E-state index contributed by atoms with van der Waals surface area (Å²) in [4.78, 5) is 12.2. The Bertz CT molecular complexity index is 1100. The van der Waals surface area contributed by atoms with E-state index in [2.05, 4.69) is 5.32 Å². The number of alkyl carbamates (subject to hydrolysis) is 1. The number of halogens is 6. The monoisotopic (exact) mass is 535 g/mol. The molecule has 0 aliphatic heterocycles. The van der Waals surface area contributed by atoms with Gasteiger partial charge in [0.2, 0.25) is 0 Å². The van der Waals surface area contributed by atoms with Crippen LogP contribution < -0.4 is 10.1 Å². The van der Waals surface area contributed by atoms with E-state index >= 15 is 0 Å². The number of aliphatic hydroxyl groups is 1. The van der Waals surface area contributed by atoms with Gasteiger partial charge in [0, 0.05) is 0 Å². The lowest BCUT2D eigenvalue weighted by molar-refractivity contribution is -0.185. The number of carbonyl (C=O) groups is 1. The van der Waals surface area contributed by atoms with Crippen molar-refractivity contribution in [3.8, 4) is 5.75 Å². The van der Waals surface area contributed by atoms with Gasteiger partial charge in [0.05, 0.1) is 24.2 Å². The maximum absolute atomic E-state index is 14.1. The summed E-state index contributed by atoms with van der Waals surface area (Å²) in [5.41, 5.74) is -1.45. The molecule has 5 nitrogen and oxygen atoms in total. The molecule has 2 atom stereocenters. The molecule has 37 heavy (non-hydrogen) atoms. The predicted molar refractivity (Wildman–Crippen MR) is 125 cm³/mol. The molecule has 1 fully saturated rings. The summed E-state index contributed by atoms with van der Waals surface area (Å²) >= 11 is 0. The number of alkyl halides is 6. The van der Waals surface area contributed by atoms with Crippen LogP contribution in [0.1, 0.15) is 70.5 Å². The first-order valence-corrected chi connectivity index (χ1v) is 12.0. The third kappa shape index (κ3) is 7.43. The standard InChI is InChI=1S/C26H31F6NO4/c1-14(34)22(33-23(35)37-24(2,3)4)16-5-11-19-15(13-16)6-12-20(21(19)26(30,31)32)36-18-9-7-17(8-10-18)25(27,28)29/h5-6,11-14,17-18,22,34H,7-10H2,1-4H3,(H,33,35)/t14-,17?,18?,22?/m1/s1. The number of carbonyl (C=O) groups excluding carboxylic acids is 1. The van der Waals surface area contributed by atoms with E-state index in [1.54, 1.807) is 20.8 Å². The molecule has 0 saturated heterocycles. The molecule has 1 aliphatic carbocycles. The second-order valence-electron chi connectivity index (χ2n) is 10.4. The van der Waals surface area contributed by atoms with Crippen molar-refractivity contribution in [2.24, 2.45) is 5.92 Å². The fraction of sp³-hybridized carbons (Fsp3) is 0.577. The first-order valence-electron chi connectivity index (χ1n) is 12.0. The molecular formula is C26H31F6NO4. The van der Waals surface area contributed by atoms with Gasteiger partial charge in [0.15, 0.2) is 0 Å². The summed E-state index contributed by atoms with van der Waals surface area (Å²) in [6.45, 7) is 6.43. The number of hydrogen-bond acceptors (Lipinski definition) is 4. The molecule has 0 heterocycles. The zero-order chi connectivity index (χ0) is 27.8. The highest BCUT2D eigenvalue weighted by atomic mass is 19.4. The fourth-order valence-electron chi connectivity index (χ4n) is 4.52. The molecule has 1 unspecified atom stereocenters. The van der Waals surface area contributed by atoms with Crippen LogP contribution in [-0.4, -0.2) is 35.2 Å². The first kappa shape index (κ1) is 28.9. The molecule has 2 N–H and O–H groups in total. The van der Waals surface area contributed by atoms with E-state index in [1.807, 2.05) is 0 Å². The Kier molecular flexibility index (Phi) is 8.26. The summed E-state index contributed by atoms with van der Waals surface area (Å²) in [7, 11) is 0. The van der Waals surface area contributed by atoms with Gasteiger partial charge in [-0.1, -0.05) is 18.2 Å². The summed E-state index contributed by atoms with van der Waals surface area (Å²) < 4.78 is 92.0. The maximum atomic E-state index is 14.1. The minimum absolute atomic E-state index is 0.00481. The molecule has 0 bridgehead atoms. The molecule has 1 amide bonds. The number of fused-ring (bicyclic) bond motifs is 1. The van der Waals surface area contributed by atoms with E-state index in [0.29, 0.717) is 5.56 Å². The summed E-state index contributed by atoms with van der Waals surface area (Å²) in [6, 6.07) is 5.64. The molecule has 206 valence electrons. The topological polar surface area (TPSA) is 67.8 Å². The van der Waals surface area contributed by atoms with Crippen molar-refractivity contribution in [1.29, 1.82) is 0 Å². The predicted octanol–water partition coefficient (Wildman–Crippen LogP) is 7.31. The highest BCUT2D eigenvalue weighted by molar-refractivity contribution is 5.89. The molecule has 0 spiro atoms. The van der Waals surface area contributed by atoms with Crippen LogP contribution in [0.25, 0.3) is 10.8 Å². The highest BCUT2D eigenvalue weighted by Crippen LogP contribution is 2.44. The molecule has 1 aliphatic rings. The molecule has 0 radical (unpaired) electrons. The van der Waals surface area contributed by atoms with Gasteiger partial charge < -0.3 is 19.9 Å². The van der Waals surface area contributed by atoms with Crippen molar-refractivity contribution in [2.45, 2.75) is 89.6 Å². The number of hydrogen-bond donors (Lipinski definition) is 2. The Morgan fingerprint density at radius 3 is 2.14 bits per heavy atom. The summed E-state index contributed by atoms with van der Waals surface area (Å²) in [5, 5.41) is 12.8. The quantitative estimate of drug-likeness (QED) is 0.394. The lowest BCUT2D eigenvalue weighted by Gasteiger charge is -2.31. The summed E-state index contributed by atoms with van der Waals surface area (Å²) in [6.07, 6.45) is -12.1. The highest BCUT2D eigenvalue weighted by Gasteiger charge is 2.43. The minimum atomic E-state index is -4.79. The number of benzene rings is 2. The smallest absolute Gasteiger partial charge is 0.420 e. The molecule has 3 rings (SSSR count). The third-order valence-corrected chi connectivity index (χ3v) is 6.23. The van der Waals surface area contributed by atoms with Gasteiger partial charge in [-0.3, -0.25) is 0 Å².